The van der Waals surface area contributed by atoms with Crippen LogP contribution >= 0.6 is 11.3 Å². The van der Waals surface area contributed by atoms with E-state index in [0.717, 1.165) is 12.3 Å². The topological polar surface area (TPSA) is 34.1 Å². The molecule has 1 atom stereocenters. The van der Waals surface area contributed by atoms with Crippen LogP contribution < -0.4 is 10.1 Å². The first-order valence-electron chi connectivity index (χ1n) is 6.75. The highest BCUT2D eigenvalue weighted by Gasteiger charge is 2.24. The van der Waals surface area contributed by atoms with Gasteiger partial charge in [0.25, 0.3) is 0 Å². The molecule has 0 radical (unpaired) electrons. The van der Waals surface area contributed by atoms with Gasteiger partial charge < -0.3 is 10.1 Å². The second-order valence-corrected chi connectivity index (χ2v) is 5.70. The van der Waals surface area contributed by atoms with Gasteiger partial charge in [0.15, 0.2) is 0 Å². The Morgan fingerprint density at radius 2 is 2.37 bits per heavy atom. The Bertz CT molecular complexity index is 523. The second kappa shape index (κ2) is 5.72. The smallest absolute Gasteiger partial charge is 0.120 e. The van der Waals surface area contributed by atoms with E-state index in [-0.39, 0.29) is 6.04 Å². The van der Waals surface area contributed by atoms with Crippen LogP contribution in [0.25, 0.3) is 0 Å². The van der Waals surface area contributed by atoms with Crippen LogP contribution in [0.3, 0.4) is 0 Å². The molecule has 1 heterocycles. The van der Waals surface area contributed by atoms with Crippen molar-refractivity contribution in [2.75, 3.05) is 6.54 Å². The molecule has 1 aliphatic rings. The fourth-order valence-corrected chi connectivity index (χ4v) is 2.82. The van der Waals surface area contributed by atoms with Gasteiger partial charge in [0.1, 0.15) is 5.75 Å². The van der Waals surface area contributed by atoms with E-state index >= 15 is 0 Å². The minimum absolute atomic E-state index is 0.209. The van der Waals surface area contributed by atoms with Gasteiger partial charge in [-0.1, -0.05) is 19.1 Å². The van der Waals surface area contributed by atoms with Gasteiger partial charge >= 0.3 is 0 Å². The lowest BCUT2D eigenvalue weighted by Gasteiger charge is -2.17. The van der Waals surface area contributed by atoms with Gasteiger partial charge in [-0.05, 0) is 37.1 Å². The Labute approximate surface area is 117 Å². The van der Waals surface area contributed by atoms with Crippen molar-refractivity contribution in [3.05, 3.63) is 46.4 Å². The number of nitrogens with one attached hydrogen (secondary N) is 1. The number of hydrogen-bond acceptors (Lipinski definition) is 4. The molecule has 100 valence electrons. The number of thiazole rings is 1. The van der Waals surface area contributed by atoms with Crippen molar-refractivity contribution in [2.24, 2.45) is 0 Å². The number of nitrogens with zero attached hydrogens (tertiary/aromatic N) is 1. The molecule has 1 unspecified atom stereocenters. The van der Waals surface area contributed by atoms with Gasteiger partial charge in [-0.3, -0.25) is 4.98 Å². The fraction of sp³-hybridized carbons (Fsp3) is 0.400. The Kier molecular flexibility index (Phi) is 3.80. The summed E-state index contributed by atoms with van der Waals surface area (Å²) < 4.78 is 5.87. The van der Waals surface area contributed by atoms with Crippen LogP contribution in [0.5, 0.6) is 5.75 Å². The van der Waals surface area contributed by atoms with Crippen molar-refractivity contribution in [3.63, 3.8) is 0 Å². The van der Waals surface area contributed by atoms with Crippen LogP contribution in [0.2, 0.25) is 0 Å². The van der Waals surface area contributed by atoms with Crippen molar-refractivity contribution in [3.8, 4) is 5.75 Å². The molecule has 19 heavy (non-hydrogen) atoms. The average Bonchev–Trinajstić information content (AvgIpc) is 3.07. The summed E-state index contributed by atoms with van der Waals surface area (Å²) in [6.07, 6.45) is 4.76. The fourth-order valence-electron chi connectivity index (χ4n) is 2.10. The lowest BCUT2D eigenvalue weighted by Crippen LogP contribution is -2.21. The molecule has 1 saturated carbocycles. The molecule has 4 heteroatoms. The molecule has 0 spiro atoms. The van der Waals surface area contributed by atoms with E-state index in [0.29, 0.717) is 6.10 Å². The zero-order valence-corrected chi connectivity index (χ0v) is 11.8. The van der Waals surface area contributed by atoms with Crippen molar-refractivity contribution in [2.45, 2.75) is 31.9 Å². The molecule has 3 nitrogen and oxygen atoms in total. The highest BCUT2D eigenvalue weighted by Crippen LogP contribution is 2.30. The van der Waals surface area contributed by atoms with E-state index in [1.807, 2.05) is 17.8 Å². The van der Waals surface area contributed by atoms with Crippen molar-refractivity contribution in [1.82, 2.24) is 10.3 Å². The molecule has 3 rings (SSSR count). The third-order valence-electron chi connectivity index (χ3n) is 3.16. The van der Waals surface area contributed by atoms with Gasteiger partial charge in [-0.2, -0.15) is 0 Å². The van der Waals surface area contributed by atoms with Crippen LogP contribution in [0.15, 0.2) is 36.0 Å². The summed E-state index contributed by atoms with van der Waals surface area (Å²) in [4.78, 5) is 5.42. The average molecular weight is 274 g/mol. The molecule has 1 aliphatic carbocycles. The van der Waals surface area contributed by atoms with Crippen LogP contribution in [-0.4, -0.2) is 17.6 Å². The van der Waals surface area contributed by atoms with Crippen LogP contribution in [0.1, 0.15) is 36.2 Å². The van der Waals surface area contributed by atoms with Crippen molar-refractivity contribution >= 4 is 11.3 Å². The van der Waals surface area contributed by atoms with Gasteiger partial charge in [0.2, 0.25) is 0 Å². The van der Waals surface area contributed by atoms with E-state index in [1.165, 1.54) is 23.3 Å². The zero-order valence-electron chi connectivity index (χ0n) is 11.0. The normalized spacial score (nSPS) is 16.3. The maximum absolute atomic E-state index is 5.87. The van der Waals surface area contributed by atoms with Gasteiger partial charge in [-0.25, -0.2) is 0 Å². The van der Waals surface area contributed by atoms with Crippen LogP contribution in [0.4, 0.5) is 0 Å². The second-order valence-electron chi connectivity index (χ2n) is 4.78. The van der Waals surface area contributed by atoms with Crippen molar-refractivity contribution in [1.29, 1.82) is 0 Å². The number of aromatic nitrogens is 1. The Morgan fingerprint density at radius 1 is 1.47 bits per heavy atom. The summed E-state index contributed by atoms with van der Waals surface area (Å²) in [5.41, 5.74) is 3.12. The quantitative estimate of drug-likeness (QED) is 0.877. The van der Waals surface area contributed by atoms with Crippen LogP contribution in [-0.2, 0) is 0 Å². The highest BCUT2D eigenvalue weighted by molar-refractivity contribution is 7.09. The van der Waals surface area contributed by atoms with E-state index in [1.54, 1.807) is 11.3 Å². The molecular weight excluding hydrogens is 256 g/mol. The summed E-state index contributed by atoms with van der Waals surface area (Å²) in [5.74, 6) is 0.979. The highest BCUT2D eigenvalue weighted by atomic mass is 32.1. The van der Waals surface area contributed by atoms with E-state index in [2.05, 4.69) is 35.4 Å². The summed E-state index contributed by atoms with van der Waals surface area (Å²) in [7, 11) is 0. The minimum Gasteiger partial charge on any atom is -0.490 e. The zero-order chi connectivity index (χ0) is 13.1. The number of benzene rings is 1. The third kappa shape index (κ3) is 3.14. The SMILES string of the molecule is CCNC(c1cccc(OC2CC2)c1)c1cncs1. The number of rotatable bonds is 6. The molecule has 0 amide bonds. The molecular formula is C15H18N2OS. The van der Waals surface area contributed by atoms with Crippen LogP contribution in [0, 0.1) is 0 Å². The molecule has 1 fully saturated rings. The van der Waals surface area contributed by atoms with Gasteiger partial charge in [-0.15, -0.1) is 11.3 Å². The lowest BCUT2D eigenvalue weighted by atomic mass is 10.1. The first kappa shape index (κ1) is 12.6. The molecule has 1 aromatic carbocycles. The van der Waals surface area contributed by atoms with E-state index in [4.69, 9.17) is 4.74 Å². The number of hydrogen-bond donors (Lipinski definition) is 1. The summed E-state index contributed by atoms with van der Waals surface area (Å²) >= 11 is 1.68. The Hall–Kier alpha value is -1.39. The summed E-state index contributed by atoms with van der Waals surface area (Å²) in [6, 6.07) is 8.61. The lowest BCUT2D eigenvalue weighted by molar-refractivity contribution is 0.302. The Morgan fingerprint density at radius 3 is 3.05 bits per heavy atom. The van der Waals surface area contributed by atoms with Gasteiger partial charge in [0.05, 0.1) is 17.7 Å². The molecule has 2 aromatic rings. The standard InChI is InChI=1S/C15H18N2OS/c1-2-17-15(14-9-16-10-19-14)11-4-3-5-13(8-11)18-12-6-7-12/h3-5,8-10,12,15,17H,2,6-7H2,1H3. The first-order valence-corrected chi connectivity index (χ1v) is 7.63. The molecule has 0 bridgehead atoms. The van der Waals surface area contributed by atoms with E-state index in [9.17, 15) is 0 Å². The largest absolute Gasteiger partial charge is 0.490 e. The minimum atomic E-state index is 0.209. The molecule has 1 N–H and O–H groups in total. The molecule has 1 aromatic heterocycles. The third-order valence-corrected chi connectivity index (χ3v) is 4.00. The maximum atomic E-state index is 5.87. The Balaban J connectivity index is 1.84. The van der Waals surface area contributed by atoms with Crippen molar-refractivity contribution < 1.29 is 4.74 Å². The maximum Gasteiger partial charge on any atom is 0.120 e. The first-order chi connectivity index (χ1) is 9.36. The predicted molar refractivity (Wildman–Crippen MR) is 77.7 cm³/mol. The predicted octanol–water partition coefficient (Wildman–Crippen LogP) is 3.38. The van der Waals surface area contributed by atoms with E-state index < -0.39 is 0 Å². The molecule has 0 saturated heterocycles. The molecule has 0 aliphatic heterocycles. The van der Waals surface area contributed by atoms with Gasteiger partial charge in [0, 0.05) is 11.1 Å². The monoisotopic (exact) mass is 274 g/mol. The summed E-state index contributed by atoms with van der Waals surface area (Å²) in [5, 5.41) is 3.51. The number of ether oxygens (including phenoxy) is 1. The summed E-state index contributed by atoms with van der Waals surface area (Å²) in [6.45, 7) is 3.05.